The maximum Gasteiger partial charge on any atom is 0.246 e. The van der Waals surface area contributed by atoms with Crippen LogP contribution in [0, 0.1) is 36.0 Å². The molecule has 4 rings (SSSR count). The van der Waals surface area contributed by atoms with E-state index in [2.05, 4.69) is 4.98 Å². The number of nitrogens with zero attached hydrogens (tertiary/aromatic N) is 3. The number of aromatic nitrogens is 1. The molecular formula is C23H25F5N4O4S2. The zero-order valence-corrected chi connectivity index (χ0v) is 21.8. The Morgan fingerprint density at radius 1 is 1.03 bits per heavy atom. The Kier molecular flexibility index (Phi) is 8.84. The van der Waals surface area contributed by atoms with Gasteiger partial charge in [0.25, 0.3) is 0 Å². The summed E-state index contributed by atoms with van der Waals surface area (Å²) in [5, 5.41) is 11.3. The number of rotatable bonds is 10. The van der Waals surface area contributed by atoms with Gasteiger partial charge in [0.2, 0.25) is 15.8 Å². The standard InChI is InChI=1S/C23H25F5N4O4S2/c1-13-30-16-10-15(2-3-17(16)37-13)36-12-14(33)11-32-8-6-31(7-9-32)5-4-29-38(34,35)23-21(27)19(25)18(24)20(26)22(23)28/h2-3,10,14,29,33H,4-9,11-12H2,1H3. The number of sulfonamides is 1. The molecule has 15 heteroatoms. The fourth-order valence-electron chi connectivity index (χ4n) is 4.08. The number of fused-ring (bicyclic) bond motifs is 1. The fraction of sp³-hybridized carbons (Fsp3) is 0.435. The molecule has 0 radical (unpaired) electrons. The van der Waals surface area contributed by atoms with Gasteiger partial charge in [0.1, 0.15) is 18.5 Å². The fourth-order valence-corrected chi connectivity index (χ4v) is 6.04. The zero-order chi connectivity index (χ0) is 27.6. The maximum absolute atomic E-state index is 13.9. The number of aliphatic hydroxyl groups is 1. The number of hydrogen-bond donors (Lipinski definition) is 2. The minimum atomic E-state index is -4.99. The third-order valence-corrected chi connectivity index (χ3v) is 8.43. The summed E-state index contributed by atoms with van der Waals surface area (Å²) in [6.07, 6.45) is -0.748. The number of hydrogen-bond acceptors (Lipinski definition) is 8. The van der Waals surface area contributed by atoms with Crippen molar-refractivity contribution in [3.8, 4) is 5.75 Å². The van der Waals surface area contributed by atoms with Crippen molar-refractivity contribution in [3.63, 3.8) is 0 Å². The first kappa shape index (κ1) is 28.6. The van der Waals surface area contributed by atoms with Gasteiger partial charge in [-0.2, -0.15) is 0 Å². The average molecular weight is 581 g/mol. The van der Waals surface area contributed by atoms with E-state index >= 15 is 0 Å². The van der Waals surface area contributed by atoms with Gasteiger partial charge in [0.15, 0.2) is 28.2 Å². The Morgan fingerprint density at radius 2 is 1.63 bits per heavy atom. The molecule has 3 aromatic rings. The lowest BCUT2D eigenvalue weighted by Gasteiger charge is -2.35. The molecule has 0 bridgehead atoms. The monoisotopic (exact) mass is 580 g/mol. The van der Waals surface area contributed by atoms with Gasteiger partial charge in [-0.25, -0.2) is 40.1 Å². The third-order valence-electron chi connectivity index (χ3n) is 6.00. The van der Waals surface area contributed by atoms with E-state index < -0.39 is 50.1 Å². The summed E-state index contributed by atoms with van der Waals surface area (Å²) in [6, 6.07) is 5.57. The van der Waals surface area contributed by atoms with Crippen LogP contribution in [0.2, 0.25) is 0 Å². The van der Waals surface area contributed by atoms with E-state index in [0.717, 1.165) is 15.2 Å². The highest BCUT2D eigenvalue weighted by Crippen LogP contribution is 2.27. The number of benzene rings is 2. The highest BCUT2D eigenvalue weighted by atomic mass is 32.2. The van der Waals surface area contributed by atoms with Gasteiger partial charge in [-0.1, -0.05) is 0 Å². The third kappa shape index (κ3) is 6.40. The number of ether oxygens (including phenoxy) is 1. The molecule has 8 nitrogen and oxygen atoms in total. The second-order valence-electron chi connectivity index (χ2n) is 8.77. The van der Waals surface area contributed by atoms with Crippen molar-refractivity contribution in [1.29, 1.82) is 0 Å². The molecule has 0 amide bonds. The minimum absolute atomic E-state index is 0.0916. The molecule has 1 fully saturated rings. The maximum atomic E-state index is 13.9. The summed E-state index contributed by atoms with van der Waals surface area (Å²) in [6.45, 7) is 4.36. The van der Waals surface area contributed by atoms with Gasteiger partial charge in [-0.3, -0.25) is 9.80 Å². The van der Waals surface area contributed by atoms with E-state index in [9.17, 15) is 35.5 Å². The first-order chi connectivity index (χ1) is 18.0. The number of piperazine rings is 1. The second kappa shape index (κ2) is 11.8. The summed E-state index contributed by atoms with van der Waals surface area (Å²) in [4.78, 5) is 6.39. The van der Waals surface area contributed by atoms with Crippen molar-refractivity contribution in [2.75, 3.05) is 52.4 Å². The van der Waals surface area contributed by atoms with Crippen molar-refractivity contribution < 1.29 is 40.2 Å². The SMILES string of the molecule is Cc1nc2cc(OCC(O)CN3CCN(CCNS(=O)(=O)c4c(F)c(F)c(F)c(F)c4F)CC3)ccc2s1. The highest BCUT2D eigenvalue weighted by Gasteiger charge is 2.33. The number of β-amino-alcohol motifs (C(OH)–C–C–N with tert-alkyl or cyclic N) is 1. The molecular weight excluding hydrogens is 555 g/mol. The molecule has 2 heterocycles. The van der Waals surface area contributed by atoms with Crippen molar-refractivity contribution in [2.45, 2.75) is 17.9 Å². The lowest BCUT2D eigenvalue weighted by atomic mass is 10.2. The van der Waals surface area contributed by atoms with Gasteiger partial charge in [0.05, 0.1) is 15.2 Å². The van der Waals surface area contributed by atoms with E-state index in [1.807, 2.05) is 39.6 Å². The van der Waals surface area contributed by atoms with Gasteiger partial charge >= 0.3 is 0 Å². The van der Waals surface area contributed by atoms with Crippen LogP contribution in [0.5, 0.6) is 5.75 Å². The van der Waals surface area contributed by atoms with Crippen LogP contribution in [-0.2, 0) is 10.0 Å². The Bertz CT molecular complexity index is 1390. The predicted molar refractivity (Wildman–Crippen MR) is 130 cm³/mol. The van der Waals surface area contributed by atoms with Gasteiger partial charge in [-0.15, -0.1) is 11.3 Å². The smallest absolute Gasteiger partial charge is 0.246 e. The minimum Gasteiger partial charge on any atom is -0.491 e. The van der Waals surface area contributed by atoms with Crippen LogP contribution < -0.4 is 9.46 Å². The van der Waals surface area contributed by atoms with Crippen LogP contribution in [0.4, 0.5) is 22.0 Å². The Balaban J connectivity index is 1.20. The molecule has 0 spiro atoms. The summed E-state index contributed by atoms with van der Waals surface area (Å²) in [5.41, 5.74) is 0.838. The predicted octanol–water partition coefficient (Wildman–Crippen LogP) is 2.64. The Hall–Kier alpha value is -2.43. The number of halogens is 5. The molecule has 0 saturated carbocycles. The van der Waals surface area contributed by atoms with E-state index in [4.69, 9.17) is 4.74 Å². The first-order valence-electron chi connectivity index (χ1n) is 11.6. The van der Waals surface area contributed by atoms with E-state index in [1.165, 1.54) is 0 Å². The topological polar surface area (TPSA) is 95.0 Å². The van der Waals surface area contributed by atoms with Crippen molar-refractivity contribution in [3.05, 3.63) is 52.3 Å². The van der Waals surface area contributed by atoms with E-state index in [-0.39, 0.29) is 19.7 Å². The summed E-state index contributed by atoms with van der Waals surface area (Å²) in [7, 11) is -4.99. The van der Waals surface area contributed by atoms with Gasteiger partial charge < -0.3 is 9.84 Å². The molecule has 2 aromatic carbocycles. The van der Waals surface area contributed by atoms with E-state index in [1.54, 1.807) is 11.3 Å². The largest absolute Gasteiger partial charge is 0.491 e. The van der Waals surface area contributed by atoms with Crippen LogP contribution in [-0.4, -0.2) is 86.8 Å². The molecule has 1 aromatic heterocycles. The second-order valence-corrected chi connectivity index (χ2v) is 11.7. The number of nitrogens with one attached hydrogen (secondary N) is 1. The van der Waals surface area contributed by atoms with Crippen LogP contribution in [0.3, 0.4) is 0 Å². The average Bonchev–Trinajstić information content (AvgIpc) is 3.25. The molecule has 0 aliphatic carbocycles. The molecule has 1 atom stereocenters. The lowest BCUT2D eigenvalue weighted by molar-refractivity contribution is 0.0465. The van der Waals surface area contributed by atoms with Crippen LogP contribution in [0.1, 0.15) is 5.01 Å². The van der Waals surface area contributed by atoms with E-state index in [0.29, 0.717) is 38.5 Å². The molecule has 208 valence electrons. The quantitative estimate of drug-likeness (QED) is 0.216. The van der Waals surface area contributed by atoms with Crippen LogP contribution in [0.15, 0.2) is 23.1 Å². The van der Waals surface area contributed by atoms with Crippen molar-refractivity contribution in [2.24, 2.45) is 0 Å². The molecule has 38 heavy (non-hydrogen) atoms. The first-order valence-corrected chi connectivity index (χ1v) is 13.9. The highest BCUT2D eigenvalue weighted by molar-refractivity contribution is 7.89. The number of aryl methyl sites for hydroxylation is 1. The number of thiazole rings is 1. The molecule has 1 aliphatic rings. The summed E-state index contributed by atoms with van der Waals surface area (Å²) < 4.78 is 101. The summed E-state index contributed by atoms with van der Waals surface area (Å²) in [5.74, 6) is -11.3. The van der Waals surface area contributed by atoms with Crippen LogP contribution >= 0.6 is 11.3 Å². The summed E-state index contributed by atoms with van der Waals surface area (Å²) >= 11 is 1.59. The van der Waals surface area contributed by atoms with Crippen molar-refractivity contribution in [1.82, 2.24) is 19.5 Å². The molecule has 1 aliphatic heterocycles. The number of aliphatic hydroxyl groups excluding tert-OH is 1. The van der Waals surface area contributed by atoms with Crippen LogP contribution in [0.25, 0.3) is 10.2 Å². The molecule has 1 saturated heterocycles. The van der Waals surface area contributed by atoms with Crippen molar-refractivity contribution >= 4 is 31.6 Å². The lowest BCUT2D eigenvalue weighted by Crippen LogP contribution is -2.50. The Morgan fingerprint density at radius 3 is 2.29 bits per heavy atom. The zero-order valence-electron chi connectivity index (χ0n) is 20.2. The normalized spacial score (nSPS) is 16.3. The molecule has 1 unspecified atom stereocenters. The van der Waals surface area contributed by atoms with Gasteiger partial charge in [-0.05, 0) is 19.1 Å². The van der Waals surface area contributed by atoms with Gasteiger partial charge in [0, 0.05) is 51.9 Å². The molecule has 2 N–H and O–H groups in total. The Labute approximate surface area is 219 Å².